The van der Waals surface area contributed by atoms with Crippen molar-refractivity contribution < 1.29 is 4.42 Å². The zero-order chi connectivity index (χ0) is 41.7. The van der Waals surface area contributed by atoms with Crippen molar-refractivity contribution in [1.29, 1.82) is 0 Å². The molecule has 0 saturated carbocycles. The molecule has 3 heterocycles. The quantitative estimate of drug-likeness (QED) is 0.223. The van der Waals surface area contributed by atoms with Gasteiger partial charge in [-0.2, -0.15) is 0 Å². The number of fused-ring (bicyclic) bond motifs is 6. The van der Waals surface area contributed by atoms with Crippen molar-refractivity contribution in [3.05, 3.63) is 109 Å². The van der Waals surface area contributed by atoms with Crippen LogP contribution in [-0.2, 0) is 0 Å². The average molecular weight is 739 g/mol. The molecule has 254 valence electrons. The molecule has 0 saturated heterocycles. The normalized spacial score (nSPS) is 11.7. The molecule has 0 aliphatic rings. The fourth-order valence-electron chi connectivity index (χ4n) is 8.01. The van der Waals surface area contributed by atoms with Gasteiger partial charge in [0.25, 0.3) is 0 Å². The molecule has 0 amide bonds. The summed E-state index contributed by atoms with van der Waals surface area (Å²) in [5.74, 6) is 0.199. The summed E-state index contributed by atoms with van der Waals surface area (Å²) in [5, 5.41) is 4.14. The maximum atomic E-state index is 6.54. The van der Waals surface area contributed by atoms with Gasteiger partial charge in [-0.25, -0.2) is 15.0 Å². The number of hydrogen-bond acceptors (Lipinski definition) is 4. The van der Waals surface area contributed by atoms with E-state index in [1.54, 1.807) is 0 Å². The molecule has 0 unspecified atom stereocenters. The summed E-state index contributed by atoms with van der Waals surface area (Å²) in [6.07, 6.45) is 0. The molecule has 0 fully saturated rings. The Bertz CT molecular complexity index is 3310. The summed E-state index contributed by atoms with van der Waals surface area (Å²) in [4.78, 5) is 14.3. The molecular formula is C45H18B10N4O. The van der Waals surface area contributed by atoms with Gasteiger partial charge in [0.05, 0.1) is 11.0 Å². The summed E-state index contributed by atoms with van der Waals surface area (Å²) in [5.41, 5.74) is 7.73. The summed E-state index contributed by atoms with van der Waals surface area (Å²) in [6, 6.07) is 37.2. The molecule has 7 aromatic carbocycles. The Morgan fingerprint density at radius 3 is 1.37 bits per heavy atom. The molecule has 10 aromatic rings. The lowest BCUT2D eigenvalue weighted by atomic mass is 9.60. The number of rotatable bonds is 5. The molecule has 20 radical (unpaired) electrons. The first kappa shape index (κ1) is 38.0. The Kier molecular flexibility index (Phi) is 9.02. The summed E-state index contributed by atoms with van der Waals surface area (Å²) in [7, 11) is 63.1. The van der Waals surface area contributed by atoms with Crippen LogP contribution in [0.3, 0.4) is 0 Å². The van der Waals surface area contributed by atoms with Gasteiger partial charge in [-0.1, -0.05) is 76.4 Å². The smallest absolute Gasteiger partial charge is 0.164 e. The van der Waals surface area contributed by atoms with Crippen LogP contribution in [0.5, 0.6) is 0 Å². The fraction of sp³-hybridized carbons (Fsp3) is 0. The number of aromatic nitrogens is 4. The van der Waals surface area contributed by atoms with Gasteiger partial charge in [-0.3, -0.25) is 0 Å². The first-order valence-corrected chi connectivity index (χ1v) is 18.8. The van der Waals surface area contributed by atoms with E-state index in [1.165, 1.54) is 5.39 Å². The zero-order valence-electron chi connectivity index (χ0n) is 31.9. The van der Waals surface area contributed by atoms with Crippen molar-refractivity contribution in [2.75, 3.05) is 0 Å². The standard InChI is InChI=1S/C45H18B10N4O/c46-33-31(34(47)38(51)41(54)37(33)50)44-56-43(57-45(58-44)32-35(48)39(52)42(55)40(53)36(32)49)21-11-14-25-24-13-10-20(17-29(24)60-30(25)18-21)19-12-15-28-26(16-19)23-8-4-5-9-27(23)59(28)22-6-2-1-3-7-22/h1-18H. The van der Waals surface area contributed by atoms with E-state index in [4.69, 9.17) is 92.8 Å². The largest absolute Gasteiger partial charge is 0.456 e. The summed E-state index contributed by atoms with van der Waals surface area (Å²) < 4.78 is 8.84. The van der Waals surface area contributed by atoms with Crippen molar-refractivity contribution in [3.63, 3.8) is 0 Å². The molecule has 10 rings (SSSR count). The van der Waals surface area contributed by atoms with Gasteiger partial charge in [-0.15, -0.1) is 32.8 Å². The second-order valence-electron chi connectivity index (χ2n) is 14.6. The molecule has 0 atom stereocenters. The fourth-order valence-corrected chi connectivity index (χ4v) is 8.01. The van der Waals surface area contributed by atoms with Gasteiger partial charge in [-0.05, 0) is 65.7 Å². The lowest BCUT2D eigenvalue weighted by Crippen LogP contribution is -2.55. The summed E-state index contributed by atoms with van der Waals surface area (Å²) in [6.45, 7) is 0. The average Bonchev–Trinajstić information content (AvgIpc) is 3.81. The molecule has 0 aliphatic heterocycles. The Morgan fingerprint density at radius 1 is 0.350 bits per heavy atom. The highest BCUT2D eigenvalue weighted by molar-refractivity contribution is 6.70. The number of nitrogens with zero attached hydrogens (tertiary/aromatic N) is 4. The SMILES string of the molecule is [B]c1c([B])c([B])c(-c2nc(-c3ccc4c(c3)oc3cc(-c5ccc6c(c5)c5ccccc5n6-c5ccccc5)ccc34)nc(-c3c([B])c([B])c([B])c([B])c3[B])n2)c([B])c1[B]. The molecule has 0 aliphatic carbocycles. The highest BCUT2D eigenvalue weighted by Gasteiger charge is 2.22. The molecule has 15 heteroatoms. The van der Waals surface area contributed by atoms with Crippen molar-refractivity contribution in [3.8, 4) is 51.0 Å². The first-order valence-electron chi connectivity index (χ1n) is 18.8. The van der Waals surface area contributed by atoms with E-state index >= 15 is 0 Å². The van der Waals surface area contributed by atoms with Crippen molar-refractivity contribution in [2.45, 2.75) is 0 Å². The van der Waals surface area contributed by atoms with E-state index in [-0.39, 0.29) is 83.2 Å². The number of para-hydroxylation sites is 2. The van der Waals surface area contributed by atoms with Gasteiger partial charge in [0.2, 0.25) is 0 Å². The minimum atomic E-state index is 0.00868. The van der Waals surface area contributed by atoms with Gasteiger partial charge >= 0.3 is 0 Å². The van der Waals surface area contributed by atoms with Gasteiger partial charge in [0.15, 0.2) is 17.5 Å². The Morgan fingerprint density at radius 2 is 0.783 bits per heavy atom. The highest BCUT2D eigenvalue weighted by atomic mass is 16.3. The Hall–Kier alpha value is -6.20. The Labute approximate surface area is 359 Å². The second kappa shape index (κ2) is 14.2. The van der Waals surface area contributed by atoms with E-state index in [0.29, 0.717) is 16.7 Å². The zero-order valence-corrected chi connectivity index (χ0v) is 31.9. The predicted octanol–water partition coefficient (Wildman–Crippen LogP) is -0.526. The molecule has 0 N–H and O–H groups in total. The van der Waals surface area contributed by atoms with E-state index in [1.807, 2.05) is 24.3 Å². The third-order valence-electron chi connectivity index (χ3n) is 11.2. The molecule has 3 aromatic heterocycles. The van der Waals surface area contributed by atoms with Crippen LogP contribution in [-0.4, -0.2) is 98.0 Å². The van der Waals surface area contributed by atoms with Crippen LogP contribution in [0.15, 0.2) is 114 Å². The van der Waals surface area contributed by atoms with Crippen LogP contribution >= 0.6 is 0 Å². The lowest BCUT2D eigenvalue weighted by molar-refractivity contribution is 0.669. The van der Waals surface area contributed by atoms with E-state index in [0.717, 1.165) is 44.0 Å². The lowest BCUT2D eigenvalue weighted by Gasteiger charge is -2.22. The van der Waals surface area contributed by atoms with Crippen LogP contribution < -0.4 is 54.6 Å². The van der Waals surface area contributed by atoms with Crippen molar-refractivity contribution in [1.82, 2.24) is 19.5 Å². The predicted molar refractivity (Wildman–Crippen MR) is 257 cm³/mol. The molecule has 5 nitrogen and oxygen atoms in total. The first-order chi connectivity index (χ1) is 28.9. The highest BCUT2D eigenvalue weighted by Crippen LogP contribution is 2.38. The van der Waals surface area contributed by atoms with Crippen LogP contribution in [0.1, 0.15) is 0 Å². The molecule has 60 heavy (non-hydrogen) atoms. The maximum Gasteiger partial charge on any atom is 0.164 e. The van der Waals surface area contributed by atoms with Gasteiger partial charge in [0, 0.05) is 43.9 Å². The molecule has 0 bridgehead atoms. The van der Waals surface area contributed by atoms with Crippen LogP contribution in [0.4, 0.5) is 0 Å². The van der Waals surface area contributed by atoms with E-state index in [9.17, 15) is 0 Å². The number of furan rings is 1. The van der Waals surface area contributed by atoms with Gasteiger partial charge in [0.1, 0.15) is 89.6 Å². The maximum absolute atomic E-state index is 6.54. The second-order valence-corrected chi connectivity index (χ2v) is 14.6. The number of benzene rings is 7. The third kappa shape index (κ3) is 5.80. The van der Waals surface area contributed by atoms with Crippen LogP contribution in [0.25, 0.3) is 94.7 Å². The minimum absolute atomic E-state index is 0.00868. The van der Waals surface area contributed by atoms with Crippen LogP contribution in [0, 0.1) is 0 Å². The topological polar surface area (TPSA) is 56.7 Å². The molecular weight excluding hydrogens is 721 g/mol. The minimum Gasteiger partial charge on any atom is -0.456 e. The third-order valence-corrected chi connectivity index (χ3v) is 11.2. The summed E-state index contributed by atoms with van der Waals surface area (Å²) >= 11 is 0. The molecule has 0 spiro atoms. The van der Waals surface area contributed by atoms with Gasteiger partial charge < -0.3 is 8.98 Å². The monoisotopic (exact) mass is 740 g/mol. The van der Waals surface area contributed by atoms with E-state index in [2.05, 4.69) is 94.5 Å². The number of hydrogen-bond donors (Lipinski definition) is 0. The Balaban J connectivity index is 1.12. The van der Waals surface area contributed by atoms with Crippen molar-refractivity contribution >= 4 is 177 Å². The van der Waals surface area contributed by atoms with E-state index < -0.39 is 0 Å². The van der Waals surface area contributed by atoms with Crippen LogP contribution in [0.2, 0.25) is 0 Å². The van der Waals surface area contributed by atoms with Crippen molar-refractivity contribution in [2.24, 2.45) is 0 Å².